The van der Waals surface area contributed by atoms with E-state index >= 15 is 0 Å². The Morgan fingerprint density at radius 1 is 0.667 bits per heavy atom. The van der Waals surface area contributed by atoms with Gasteiger partial charge in [-0.05, 0) is 78.6 Å². The molecule has 0 amide bonds. The highest BCUT2D eigenvalue weighted by Gasteiger charge is 2.47. The zero-order valence-corrected chi connectivity index (χ0v) is 19.8. The molecule has 3 aromatic carbocycles. The molecule has 1 nitrogen and oxygen atoms in total. The van der Waals surface area contributed by atoms with Crippen molar-refractivity contribution >= 4 is 11.4 Å². The average Bonchev–Trinajstić information content (AvgIpc) is 2.97. The van der Waals surface area contributed by atoms with Crippen molar-refractivity contribution in [1.82, 2.24) is 0 Å². The second kappa shape index (κ2) is 7.30. The van der Waals surface area contributed by atoms with E-state index in [1.54, 1.807) is 0 Å². The zero-order valence-electron chi connectivity index (χ0n) is 19.8. The summed E-state index contributed by atoms with van der Waals surface area (Å²) in [7, 11) is 2.19. The number of hydrogen-bond acceptors (Lipinski definition) is 1. The fourth-order valence-electron chi connectivity index (χ4n) is 5.93. The molecule has 0 aliphatic heterocycles. The van der Waals surface area contributed by atoms with Gasteiger partial charge in [-0.3, -0.25) is 0 Å². The van der Waals surface area contributed by atoms with E-state index in [4.69, 9.17) is 0 Å². The lowest BCUT2D eigenvalue weighted by molar-refractivity contribution is 0.280. The normalized spacial score (nSPS) is 14.2. The van der Waals surface area contributed by atoms with E-state index in [0.29, 0.717) is 11.8 Å². The predicted octanol–water partition coefficient (Wildman–Crippen LogP) is 7.96. The van der Waals surface area contributed by atoms with Crippen molar-refractivity contribution in [1.29, 1.82) is 0 Å². The van der Waals surface area contributed by atoms with Crippen molar-refractivity contribution in [3.05, 3.63) is 82.4 Å². The Kier molecular flexibility index (Phi) is 5.04. The maximum absolute atomic E-state index is 2.46. The molecular formula is C29H35N. The van der Waals surface area contributed by atoms with Crippen LogP contribution < -0.4 is 4.90 Å². The molecule has 0 saturated heterocycles. The molecule has 0 spiro atoms. The molecular weight excluding hydrogens is 362 g/mol. The molecule has 0 fully saturated rings. The standard InChI is InChI=1S/C29H35N/c1-18(2)29(19(3)4)26-16-21(6)9-12-24(26)25-13-11-23(17-27(25)29)30(8)28-14-10-20(5)15-22(28)7/h9-19H,1-8H3. The minimum Gasteiger partial charge on any atom is -0.344 e. The van der Waals surface area contributed by atoms with Gasteiger partial charge in [0.1, 0.15) is 0 Å². The van der Waals surface area contributed by atoms with Gasteiger partial charge in [-0.1, -0.05) is 75.2 Å². The molecule has 4 rings (SSSR count). The topological polar surface area (TPSA) is 3.24 Å². The fourth-order valence-corrected chi connectivity index (χ4v) is 5.93. The van der Waals surface area contributed by atoms with E-state index in [1.807, 2.05) is 0 Å². The summed E-state index contributed by atoms with van der Waals surface area (Å²) in [6.07, 6.45) is 0. The first-order chi connectivity index (χ1) is 14.2. The van der Waals surface area contributed by atoms with Crippen LogP contribution in [0.3, 0.4) is 0 Å². The molecule has 0 bridgehead atoms. The van der Waals surface area contributed by atoms with E-state index < -0.39 is 0 Å². The Morgan fingerprint density at radius 2 is 1.20 bits per heavy atom. The number of anilines is 2. The fraction of sp³-hybridized carbons (Fsp3) is 0.379. The van der Waals surface area contributed by atoms with Crippen LogP contribution in [0.5, 0.6) is 0 Å². The summed E-state index contributed by atoms with van der Waals surface area (Å²) in [5, 5.41) is 0. The summed E-state index contributed by atoms with van der Waals surface area (Å²) in [5.74, 6) is 1.03. The predicted molar refractivity (Wildman–Crippen MR) is 131 cm³/mol. The molecule has 0 unspecified atom stereocenters. The van der Waals surface area contributed by atoms with Gasteiger partial charge in [-0.2, -0.15) is 0 Å². The van der Waals surface area contributed by atoms with Gasteiger partial charge in [0.05, 0.1) is 0 Å². The maximum atomic E-state index is 2.46. The summed E-state index contributed by atoms with van der Waals surface area (Å²) in [5.41, 5.74) is 12.4. The molecule has 30 heavy (non-hydrogen) atoms. The molecule has 1 aliphatic rings. The van der Waals surface area contributed by atoms with Crippen LogP contribution in [0.4, 0.5) is 11.4 Å². The highest BCUT2D eigenvalue weighted by Crippen LogP contribution is 2.57. The molecule has 0 radical (unpaired) electrons. The summed E-state index contributed by atoms with van der Waals surface area (Å²) in [4.78, 5) is 2.34. The van der Waals surface area contributed by atoms with Crippen molar-refractivity contribution in [2.24, 2.45) is 11.8 Å². The van der Waals surface area contributed by atoms with Crippen molar-refractivity contribution in [3.63, 3.8) is 0 Å². The van der Waals surface area contributed by atoms with Gasteiger partial charge in [0.2, 0.25) is 0 Å². The number of nitrogens with zero attached hydrogens (tertiary/aromatic N) is 1. The lowest BCUT2D eigenvalue weighted by Gasteiger charge is -2.41. The molecule has 0 heterocycles. The summed E-state index contributed by atoms with van der Waals surface area (Å²) >= 11 is 0. The molecule has 0 N–H and O–H groups in total. The largest absolute Gasteiger partial charge is 0.344 e. The van der Waals surface area contributed by atoms with E-state index in [0.717, 1.165) is 0 Å². The average molecular weight is 398 g/mol. The molecule has 3 aromatic rings. The molecule has 1 heteroatoms. The van der Waals surface area contributed by atoms with Gasteiger partial charge >= 0.3 is 0 Å². The van der Waals surface area contributed by atoms with E-state index in [9.17, 15) is 0 Å². The summed E-state index contributed by atoms with van der Waals surface area (Å²) in [6, 6.07) is 20.9. The Hall–Kier alpha value is -2.54. The van der Waals surface area contributed by atoms with Crippen LogP contribution in [-0.4, -0.2) is 7.05 Å². The van der Waals surface area contributed by atoms with Crippen LogP contribution in [0.15, 0.2) is 54.6 Å². The quantitative estimate of drug-likeness (QED) is 0.431. The van der Waals surface area contributed by atoms with E-state index in [1.165, 1.54) is 50.3 Å². The lowest BCUT2D eigenvalue weighted by Crippen LogP contribution is -2.37. The first-order valence-electron chi connectivity index (χ1n) is 11.2. The third-order valence-electron chi connectivity index (χ3n) is 7.28. The third-order valence-corrected chi connectivity index (χ3v) is 7.28. The first-order valence-corrected chi connectivity index (χ1v) is 11.2. The zero-order chi connectivity index (χ0) is 21.8. The monoisotopic (exact) mass is 397 g/mol. The van der Waals surface area contributed by atoms with Crippen molar-refractivity contribution in [3.8, 4) is 11.1 Å². The Bertz CT molecular complexity index is 1100. The molecule has 1 aliphatic carbocycles. The van der Waals surface area contributed by atoms with Crippen molar-refractivity contribution in [2.45, 2.75) is 53.9 Å². The van der Waals surface area contributed by atoms with Crippen LogP contribution in [0, 0.1) is 32.6 Å². The molecule has 0 aromatic heterocycles. The van der Waals surface area contributed by atoms with Crippen LogP contribution in [0.2, 0.25) is 0 Å². The number of hydrogen-bond donors (Lipinski definition) is 0. The first kappa shape index (κ1) is 20.7. The second-order valence-corrected chi connectivity index (χ2v) is 9.81. The third kappa shape index (κ3) is 2.90. The Morgan fingerprint density at radius 3 is 1.80 bits per heavy atom. The molecule has 156 valence electrons. The van der Waals surface area contributed by atoms with Crippen LogP contribution >= 0.6 is 0 Å². The summed E-state index contributed by atoms with van der Waals surface area (Å²) < 4.78 is 0. The summed E-state index contributed by atoms with van der Waals surface area (Å²) in [6.45, 7) is 16.1. The maximum Gasteiger partial charge on any atom is 0.0437 e. The lowest BCUT2D eigenvalue weighted by atomic mass is 9.63. The number of rotatable bonds is 4. The van der Waals surface area contributed by atoms with Crippen LogP contribution in [-0.2, 0) is 5.41 Å². The Balaban J connectivity index is 1.93. The molecule has 0 atom stereocenters. The minimum atomic E-state index is 0.0376. The van der Waals surface area contributed by atoms with Gasteiger partial charge in [0, 0.05) is 23.8 Å². The van der Waals surface area contributed by atoms with Gasteiger partial charge in [-0.25, -0.2) is 0 Å². The van der Waals surface area contributed by atoms with E-state index in [2.05, 4.69) is 115 Å². The highest BCUT2D eigenvalue weighted by atomic mass is 15.1. The van der Waals surface area contributed by atoms with Gasteiger partial charge in [0.15, 0.2) is 0 Å². The van der Waals surface area contributed by atoms with Crippen molar-refractivity contribution < 1.29 is 0 Å². The number of aryl methyl sites for hydroxylation is 3. The molecule has 0 saturated carbocycles. The second-order valence-electron chi connectivity index (χ2n) is 9.81. The minimum absolute atomic E-state index is 0.0376. The van der Waals surface area contributed by atoms with Gasteiger partial charge < -0.3 is 4.90 Å². The van der Waals surface area contributed by atoms with Crippen molar-refractivity contribution in [2.75, 3.05) is 11.9 Å². The van der Waals surface area contributed by atoms with Crippen LogP contribution in [0.1, 0.15) is 55.5 Å². The van der Waals surface area contributed by atoms with Gasteiger partial charge in [-0.15, -0.1) is 0 Å². The van der Waals surface area contributed by atoms with Gasteiger partial charge in [0.25, 0.3) is 0 Å². The van der Waals surface area contributed by atoms with Crippen LogP contribution in [0.25, 0.3) is 11.1 Å². The number of fused-ring (bicyclic) bond motifs is 3. The smallest absolute Gasteiger partial charge is 0.0437 e. The Labute approximate surface area is 182 Å². The SMILES string of the molecule is Cc1ccc(N(C)c2ccc3c(c2)C(C(C)C)(C(C)C)c2cc(C)ccc2-3)c(C)c1. The highest BCUT2D eigenvalue weighted by molar-refractivity contribution is 5.84. The number of benzene rings is 3. The van der Waals surface area contributed by atoms with E-state index in [-0.39, 0.29) is 5.41 Å².